The van der Waals surface area contributed by atoms with E-state index >= 15 is 0 Å². The second kappa shape index (κ2) is 9.05. The van der Waals surface area contributed by atoms with E-state index in [1.165, 1.54) is 63.4 Å². The Morgan fingerprint density at radius 1 is 0.857 bits per heavy atom. The zero-order chi connectivity index (χ0) is 14.9. The van der Waals surface area contributed by atoms with Crippen LogP contribution in [0, 0.1) is 0 Å². The van der Waals surface area contributed by atoms with E-state index in [1.807, 2.05) is 0 Å². The molecule has 2 rings (SSSR count). The molecule has 0 saturated heterocycles. The first-order valence-corrected chi connectivity index (χ1v) is 8.36. The van der Waals surface area contributed by atoms with Gasteiger partial charge in [-0.3, -0.25) is 5.32 Å². The van der Waals surface area contributed by atoms with E-state index in [1.54, 1.807) is 0 Å². The Kier molecular flexibility index (Phi) is 7.03. The van der Waals surface area contributed by atoms with Crippen LogP contribution in [-0.2, 0) is 4.84 Å². The first-order valence-electron chi connectivity index (χ1n) is 7.98. The molecule has 1 saturated carbocycles. The van der Waals surface area contributed by atoms with Crippen molar-refractivity contribution in [3.05, 3.63) is 11.4 Å². The molecule has 0 aromatic carbocycles. The molecule has 5 nitrogen and oxygen atoms in total. The topological polar surface area (TPSA) is 72.0 Å². The fraction of sp³-hybridized carbons (Fsp3) is 0.733. The number of hydrogen-bond donors (Lipinski definition) is 2. The van der Waals surface area contributed by atoms with E-state index in [9.17, 15) is 0 Å². The van der Waals surface area contributed by atoms with Crippen LogP contribution in [0.25, 0.3) is 0 Å². The minimum absolute atomic E-state index is 0.169. The van der Waals surface area contributed by atoms with Gasteiger partial charge >= 0.3 is 6.02 Å². The highest BCUT2D eigenvalue weighted by Gasteiger charge is 2.15. The van der Waals surface area contributed by atoms with E-state index < -0.39 is 0 Å². The van der Waals surface area contributed by atoms with E-state index in [0.29, 0.717) is 0 Å². The van der Waals surface area contributed by atoms with Crippen LogP contribution in [0.1, 0.15) is 70.6 Å². The van der Waals surface area contributed by atoms with Gasteiger partial charge in [0.2, 0.25) is 5.29 Å². The van der Waals surface area contributed by atoms with Crippen molar-refractivity contribution in [2.45, 2.75) is 70.6 Å². The number of allylic oxidation sites excluding steroid dienone is 1. The molecule has 3 N–H and O–H groups in total. The van der Waals surface area contributed by atoms with Crippen molar-refractivity contribution in [1.29, 1.82) is 0 Å². The lowest BCUT2D eigenvalue weighted by Gasteiger charge is -2.17. The number of nitrogens with zero attached hydrogens (tertiary/aromatic N) is 2. The highest BCUT2D eigenvalue weighted by atomic mass is 35.5. The second-order valence-corrected chi connectivity index (χ2v) is 6.01. The fourth-order valence-corrected chi connectivity index (χ4v) is 3.02. The van der Waals surface area contributed by atoms with Gasteiger partial charge in [0.25, 0.3) is 0 Å². The molecule has 0 spiro atoms. The van der Waals surface area contributed by atoms with Gasteiger partial charge in [0.05, 0.1) is 0 Å². The molecule has 0 bridgehead atoms. The summed E-state index contributed by atoms with van der Waals surface area (Å²) in [5.74, 6) is 5.94. The Hall–Kier alpha value is -1.07. The second-order valence-electron chi connectivity index (χ2n) is 5.67. The molecule has 2 aliphatic rings. The number of halogens is 1. The van der Waals surface area contributed by atoms with Crippen LogP contribution < -0.4 is 11.2 Å². The maximum Gasteiger partial charge on any atom is 0.317 e. The third-order valence-corrected chi connectivity index (χ3v) is 4.20. The van der Waals surface area contributed by atoms with E-state index in [-0.39, 0.29) is 11.3 Å². The number of aliphatic imine (C=N–C) groups is 2. The van der Waals surface area contributed by atoms with Gasteiger partial charge in [-0.25, -0.2) is 4.99 Å². The van der Waals surface area contributed by atoms with Crippen LogP contribution in [0.5, 0.6) is 0 Å². The average molecular weight is 313 g/mol. The SMILES string of the molecule is NOC1=NC(Cl)=NC(=C2CCCCCCCCCCC2)N1. The number of nitrogens with one attached hydrogen (secondary N) is 1. The summed E-state index contributed by atoms with van der Waals surface area (Å²) in [5.41, 5.74) is 1.30. The number of nitrogens with two attached hydrogens (primary N) is 1. The minimum Gasteiger partial charge on any atom is -0.373 e. The molecule has 0 atom stereocenters. The Morgan fingerprint density at radius 2 is 1.38 bits per heavy atom. The normalized spacial score (nSPS) is 22.4. The number of hydrogen-bond acceptors (Lipinski definition) is 5. The highest BCUT2D eigenvalue weighted by molar-refractivity contribution is 6.65. The molecule has 0 radical (unpaired) electrons. The molecule has 1 aliphatic heterocycles. The van der Waals surface area contributed by atoms with Gasteiger partial charge in [-0.05, 0) is 42.9 Å². The van der Waals surface area contributed by atoms with Crippen molar-refractivity contribution < 1.29 is 4.84 Å². The first-order chi connectivity index (χ1) is 10.3. The van der Waals surface area contributed by atoms with Crippen LogP contribution in [0.15, 0.2) is 21.4 Å². The molecule has 6 heteroatoms. The van der Waals surface area contributed by atoms with Crippen LogP contribution in [0.2, 0.25) is 0 Å². The molecule has 118 valence electrons. The van der Waals surface area contributed by atoms with Gasteiger partial charge < -0.3 is 4.84 Å². The molecule has 0 amide bonds. The highest BCUT2D eigenvalue weighted by Crippen LogP contribution is 2.24. The van der Waals surface area contributed by atoms with Gasteiger partial charge in [-0.2, -0.15) is 10.9 Å². The predicted molar refractivity (Wildman–Crippen MR) is 86.9 cm³/mol. The van der Waals surface area contributed by atoms with E-state index in [0.717, 1.165) is 18.7 Å². The summed E-state index contributed by atoms with van der Waals surface area (Å²) in [6.45, 7) is 0. The monoisotopic (exact) mass is 312 g/mol. The molecule has 1 heterocycles. The maximum atomic E-state index is 5.94. The van der Waals surface area contributed by atoms with Crippen molar-refractivity contribution in [2.24, 2.45) is 15.9 Å². The molecular weight excluding hydrogens is 288 g/mol. The smallest absolute Gasteiger partial charge is 0.317 e. The van der Waals surface area contributed by atoms with Gasteiger partial charge in [-0.1, -0.05) is 44.9 Å². The van der Waals surface area contributed by atoms with Crippen LogP contribution in [0.3, 0.4) is 0 Å². The minimum atomic E-state index is 0.169. The predicted octanol–water partition coefficient (Wildman–Crippen LogP) is 3.95. The zero-order valence-corrected chi connectivity index (χ0v) is 13.3. The average Bonchev–Trinajstić information content (AvgIpc) is 2.47. The van der Waals surface area contributed by atoms with Crippen molar-refractivity contribution in [2.75, 3.05) is 0 Å². The lowest BCUT2D eigenvalue weighted by molar-refractivity contribution is 0.306. The number of amidine groups is 2. The van der Waals surface area contributed by atoms with Crippen molar-refractivity contribution >= 4 is 22.9 Å². The van der Waals surface area contributed by atoms with Gasteiger partial charge in [-0.15, -0.1) is 0 Å². The maximum absolute atomic E-state index is 5.94. The largest absolute Gasteiger partial charge is 0.373 e. The fourth-order valence-electron chi connectivity index (χ4n) is 2.86. The summed E-state index contributed by atoms with van der Waals surface area (Å²) < 4.78 is 0. The molecule has 21 heavy (non-hydrogen) atoms. The Bertz CT molecular complexity index is 417. The number of rotatable bonds is 0. The summed E-state index contributed by atoms with van der Waals surface area (Å²) in [7, 11) is 0. The van der Waals surface area contributed by atoms with Crippen molar-refractivity contribution in [3.63, 3.8) is 0 Å². The van der Waals surface area contributed by atoms with Crippen LogP contribution in [0.4, 0.5) is 0 Å². The summed E-state index contributed by atoms with van der Waals surface area (Å²) >= 11 is 5.94. The van der Waals surface area contributed by atoms with E-state index in [4.69, 9.17) is 17.5 Å². The van der Waals surface area contributed by atoms with Gasteiger partial charge in [0.15, 0.2) is 0 Å². The van der Waals surface area contributed by atoms with E-state index in [2.05, 4.69) is 20.1 Å². The summed E-state index contributed by atoms with van der Waals surface area (Å²) in [5, 5.41) is 3.20. The lowest BCUT2D eigenvalue weighted by atomic mass is 9.97. The summed E-state index contributed by atoms with van der Waals surface area (Å²) in [6, 6.07) is 0.212. The molecule has 1 aliphatic carbocycles. The third-order valence-electron chi connectivity index (χ3n) is 4.03. The zero-order valence-electron chi connectivity index (χ0n) is 12.5. The van der Waals surface area contributed by atoms with Crippen molar-refractivity contribution in [1.82, 2.24) is 5.32 Å². The molecule has 0 aromatic heterocycles. The quantitative estimate of drug-likeness (QED) is 0.525. The third kappa shape index (κ3) is 5.67. The first kappa shape index (κ1) is 16.3. The van der Waals surface area contributed by atoms with Crippen LogP contribution in [-0.4, -0.2) is 11.3 Å². The molecular formula is C15H25ClN4O. The Balaban J connectivity index is 2.05. The lowest BCUT2D eigenvalue weighted by Crippen LogP contribution is -2.32. The molecule has 1 fully saturated rings. The standard InChI is InChI=1S/C15H25ClN4O/c16-14-18-13(19-15(20-14)21-17)12-10-8-6-4-2-1-3-5-7-9-11-12/h1-11,17H2,(H,18,19,20). The van der Waals surface area contributed by atoms with Crippen LogP contribution >= 0.6 is 11.6 Å². The van der Waals surface area contributed by atoms with Crippen molar-refractivity contribution in [3.8, 4) is 0 Å². The summed E-state index contributed by atoms with van der Waals surface area (Å²) in [6.07, 6.45) is 13.8. The Morgan fingerprint density at radius 3 is 1.90 bits per heavy atom. The Labute approximate surface area is 131 Å². The van der Waals surface area contributed by atoms with Gasteiger partial charge in [0, 0.05) is 0 Å². The van der Waals surface area contributed by atoms with Gasteiger partial charge in [0.1, 0.15) is 5.82 Å². The molecule has 0 unspecified atom stereocenters. The molecule has 0 aromatic rings. The summed E-state index contributed by atoms with van der Waals surface area (Å²) in [4.78, 5) is 12.8.